The molecule has 0 radical (unpaired) electrons. The summed E-state index contributed by atoms with van der Waals surface area (Å²) < 4.78 is 1.63. The Morgan fingerprint density at radius 1 is 1.11 bits per heavy atom. The number of aliphatic hydroxyl groups is 1. The lowest BCUT2D eigenvalue weighted by Gasteiger charge is -2.32. The maximum atomic E-state index is 13.8. The SMILES string of the molecule is Cc1c(CC(=O)N(c2nccs2)C2CCCCC2)c2cc(CO)ccc2n1C(=O)c1ccccn1. The zero-order chi connectivity index (χ0) is 24.4. The molecular weight excluding hydrogens is 460 g/mol. The molecule has 1 aliphatic rings. The molecule has 1 N–H and O–H groups in total. The third-order valence-corrected chi connectivity index (χ3v) is 7.60. The molecule has 0 unspecified atom stereocenters. The molecule has 180 valence electrons. The van der Waals surface area contributed by atoms with Crippen LogP contribution in [0.2, 0.25) is 0 Å². The van der Waals surface area contributed by atoms with Gasteiger partial charge in [-0.1, -0.05) is 31.4 Å². The molecule has 1 amide bonds. The van der Waals surface area contributed by atoms with Crippen molar-refractivity contribution in [1.82, 2.24) is 14.5 Å². The molecule has 3 aromatic heterocycles. The Hall–Kier alpha value is -3.36. The summed E-state index contributed by atoms with van der Waals surface area (Å²) >= 11 is 1.48. The molecule has 1 aliphatic carbocycles. The van der Waals surface area contributed by atoms with Gasteiger partial charge < -0.3 is 5.11 Å². The number of hydrogen-bond donors (Lipinski definition) is 1. The quantitative estimate of drug-likeness (QED) is 0.417. The molecule has 5 rings (SSSR count). The average molecular weight is 489 g/mol. The molecule has 35 heavy (non-hydrogen) atoms. The molecule has 1 fully saturated rings. The second-order valence-corrected chi connectivity index (χ2v) is 9.85. The van der Waals surface area contributed by atoms with Crippen LogP contribution in [0.15, 0.2) is 54.2 Å². The zero-order valence-corrected chi connectivity index (χ0v) is 20.5. The number of benzene rings is 1. The van der Waals surface area contributed by atoms with Crippen LogP contribution in [0.4, 0.5) is 5.13 Å². The number of fused-ring (bicyclic) bond motifs is 1. The average Bonchev–Trinajstić information content (AvgIpc) is 3.51. The fourth-order valence-electron chi connectivity index (χ4n) is 5.09. The maximum absolute atomic E-state index is 13.8. The Morgan fingerprint density at radius 2 is 1.94 bits per heavy atom. The summed E-state index contributed by atoms with van der Waals surface area (Å²) in [6.45, 7) is 1.76. The van der Waals surface area contributed by atoms with Gasteiger partial charge in [0, 0.05) is 34.9 Å². The van der Waals surface area contributed by atoms with E-state index in [1.807, 2.05) is 29.3 Å². The van der Waals surface area contributed by atoms with Gasteiger partial charge in [0.05, 0.1) is 18.5 Å². The lowest BCUT2D eigenvalue weighted by atomic mass is 9.94. The highest BCUT2D eigenvalue weighted by Gasteiger charge is 2.30. The van der Waals surface area contributed by atoms with Crippen LogP contribution in [-0.2, 0) is 17.8 Å². The number of carbonyl (C=O) groups is 2. The second-order valence-electron chi connectivity index (χ2n) is 8.98. The molecule has 0 bridgehead atoms. The second kappa shape index (κ2) is 10.1. The largest absolute Gasteiger partial charge is 0.392 e. The fraction of sp³-hybridized carbons (Fsp3) is 0.333. The number of carbonyl (C=O) groups excluding carboxylic acids is 2. The summed E-state index contributed by atoms with van der Waals surface area (Å²) in [4.78, 5) is 37.9. The van der Waals surface area contributed by atoms with Gasteiger partial charge in [0.15, 0.2) is 5.13 Å². The van der Waals surface area contributed by atoms with Crippen molar-refractivity contribution in [2.45, 2.75) is 58.1 Å². The van der Waals surface area contributed by atoms with Gasteiger partial charge in [0.2, 0.25) is 5.91 Å². The number of rotatable bonds is 6. The summed E-state index contributed by atoms with van der Waals surface area (Å²) in [6.07, 6.45) is 8.83. The smallest absolute Gasteiger partial charge is 0.281 e. The van der Waals surface area contributed by atoms with E-state index in [4.69, 9.17) is 0 Å². The van der Waals surface area contributed by atoms with Gasteiger partial charge in [-0.3, -0.25) is 24.0 Å². The van der Waals surface area contributed by atoms with Gasteiger partial charge in [-0.2, -0.15) is 0 Å². The van der Waals surface area contributed by atoms with E-state index in [1.165, 1.54) is 17.8 Å². The van der Waals surface area contributed by atoms with E-state index in [-0.39, 0.29) is 30.9 Å². The van der Waals surface area contributed by atoms with Crippen molar-refractivity contribution < 1.29 is 14.7 Å². The first-order valence-electron chi connectivity index (χ1n) is 12.0. The topological polar surface area (TPSA) is 88.3 Å². The monoisotopic (exact) mass is 488 g/mol. The van der Waals surface area contributed by atoms with E-state index in [0.717, 1.165) is 47.3 Å². The predicted octanol–water partition coefficient (Wildman–Crippen LogP) is 4.89. The van der Waals surface area contributed by atoms with Crippen LogP contribution in [0, 0.1) is 6.92 Å². The zero-order valence-electron chi connectivity index (χ0n) is 19.7. The third kappa shape index (κ3) is 4.51. The van der Waals surface area contributed by atoms with Gasteiger partial charge in [-0.05, 0) is 55.2 Å². The molecule has 0 saturated heterocycles. The summed E-state index contributed by atoms with van der Waals surface area (Å²) in [5.74, 6) is -0.263. The number of aliphatic hydroxyl groups excluding tert-OH is 1. The highest BCUT2D eigenvalue weighted by Crippen LogP contribution is 2.32. The molecule has 4 aromatic rings. The number of nitrogens with zero attached hydrogens (tertiary/aromatic N) is 4. The molecule has 3 heterocycles. The van der Waals surface area contributed by atoms with E-state index in [0.29, 0.717) is 16.9 Å². The molecule has 0 spiro atoms. The minimum absolute atomic E-state index is 0.0197. The molecule has 0 atom stereocenters. The number of thiazole rings is 1. The van der Waals surface area contributed by atoms with E-state index >= 15 is 0 Å². The van der Waals surface area contributed by atoms with Gasteiger partial charge in [-0.15, -0.1) is 11.3 Å². The molecule has 7 nitrogen and oxygen atoms in total. The number of hydrogen-bond acceptors (Lipinski definition) is 6. The Bertz CT molecular complexity index is 1340. The lowest BCUT2D eigenvalue weighted by molar-refractivity contribution is -0.118. The summed E-state index contributed by atoms with van der Waals surface area (Å²) in [5.41, 5.74) is 3.28. The van der Waals surface area contributed by atoms with Crippen molar-refractivity contribution >= 4 is 39.2 Å². The van der Waals surface area contributed by atoms with Gasteiger partial charge in [-0.25, -0.2) is 4.98 Å². The lowest BCUT2D eigenvalue weighted by Crippen LogP contribution is -2.42. The molecule has 1 aromatic carbocycles. The standard InChI is InChI=1S/C27H28N4O3S/c1-18-21(16-25(33)31(27-29-13-14-35-27)20-7-3-2-4-8-20)22-15-19(17-32)10-11-24(22)30(18)26(34)23-9-5-6-12-28-23/h5-6,9-15,20,32H,2-4,7-8,16-17H2,1H3. The van der Waals surface area contributed by atoms with Crippen molar-refractivity contribution in [3.05, 3.63) is 76.7 Å². The molecule has 1 saturated carbocycles. The third-order valence-electron chi connectivity index (χ3n) is 6.83. The first-order valence-corrected chi connectivity index (χ1v) is 12.9. The van der Waals surface area contributed by atoms with Crippen LogP contribution >= 0.6 is 11.3 Å². The van der Waals surface area contributed by atoms with Crippen molar-refractivity contribution in [2.75, 3.05) is 4.90 Å². The minimum Gasteiger partial charge on any atom is -0.392 e. The van der Waals surface area contributed by atoms with Crippen LogP contribution in [0.5, 0.6) is 0 Å². The van der Waals surface area contributed by atoms with Crippen molar-refractivity contribution in [3.63, 3.8) is 0 Å². The Labute approximate surface area is 208 Å². The highest BCUT2D eigenvalue weighted by molar-refractivity contribution is 7.13. The van der Waals surface area contributed by atoms with Crippen LogP contribution in [0.3, 0.4) is 0 Å². The van der Waals surface area contributed by atoms with Gasteiger partial charge >= 0.3 is 0 Å². The predicted molar refractivity (Wildman–Crippen MR) is 137 cm³/mol. The first-order chi connectivity index (χ1) is 17.1. The van der Waals surface area contributed by atoms with Crippen LogP contribution in [0.25, 0.3) is 10.9 Å². The van der Waals surface area contributed by atoms with Crippen LogP contribution < -0.4 is 4.90 Å². The van der Waals surface area contributed by atoms with Crippen molar-refractivity contribution in [1.29, 1.82) is 0 Å². The van der Waals surface area contributed by atoms with Gasteiger partial charge in [0.1, 0.15) is 5.69 Å². The molecule has 8 heteroatoms. The van der Waals surface area contributed by atoms with E-state index < -0.39 is 0 Å². The van der Waals surface area contributed by atoms with Gasteiger partial charge in [0.25, 0.3) is 5.91 Å². The van der Waals surface area contributed by atoms with Crippen molar-refractivity contribution in [3.8, 4) is 0 Å². The van der Waals surface area contributed by atoms with Crippen LogP contribution in [0.1, 0.15) is 59.4 Å². The Morgan fingerprint density at radius 3 is 2.63 bits per heavy atom. The van der Waals surface area contributed by atoms with E-state index in [9.17, 15) is 14.7 Å². The van der Waals surface area contributed by atoms with E-state index in [1.54, 1.807) is 41.2 Å². The summed E-state index contributed by atoms with van der Waals surface area (Å²) in [7, 11) is 0. The van der Waals surface area contributed by atoms with Crippen LogP contribution in [-0.4, -0.2) is 37.5 Å². The number of aromatic nitrogens is 3. The minimum atomic E-state index is -0.243. The molecular formula is C27H28N4O3S. The first kappa shape index (κ1) is 23.4. The Balaban J connectivity index is 1.58. The summed E-state index contributed by atoms with van der Waals surface area (Å²) in [6, 6.07) is 10.9. The Kier molecular flexibility index (Phi) is 6.74. The number of anilines is 1. The fourth-order valence-corrected chi connectivity index (χ4v) is 5.82. The summed E-state index contributed by atoms with van der Waals surface area (Å²) in [5, 5.41) is 13.2. The van der Waals surface area contributed by atoms with Crippen molar-refractivity contribution in [2.24, 2.45) is 0 Å². The number of amides is 1. The maximum Gasteiger partial charge on any atom is 0.281 e. The highest BCUT2D eigenvalue weighted by atomic mass is 32.1. The van der Waals surface area contributed by atoms with E-state index in [2.05, 4.69) is 9.97 Å². The molecule has 0 aliphatic heterocycles. The number of pyridine rings is 1. The normalized spacial score (nSPS) is 14.3.